The Bertz CT molecular complexity index is 734. The topological polar surface area (TPSA) is 75.6 Å². The van der Waals surface area contributed by atoms with Crippen molar-refractivity contribution in [1.82, 2.24) is 5.32 Å². The lowest BCUT2D eigenvalue weighted by Crippen LogP contribution is -2.40. The lowest BCUT2D eigenvalue weighted by molar-refractivity contribution is -0.137. The molecule has 0 bridgehead atoms. The van der Waals surface area contributed by atoms with E-state index < -0.39 is 5.97 Å². The summed E-state index contributed by atoms with van der Waals surface area (Å²) in [6.07, 6.45) is 1.04. The van der Waals surface area contributed by atoms with Crippen molar-refractivity contribution in [2.75, 3.05) is 7.11 Å². The van der Waals surface area contributed by atoms with Crippen LogP contribution in [0.1, 0.15) is 25.3 Å². The lowest BCUT2D eigenvalue weighted by atomic mass is 10.0. The van der Waals surface area contributed by atoms with Crippen LogP contribution in [0.5, 0.6) is 5.75 Å². The zero-order chi connectivity index (χ0) is 19.6. The molecule has 0 spiro atoms. The van der Waals surface area contributed by atoms with Crippen LogP contribution in [0.15, 0.2) is 59.5 Å². The second kappa shape index (κ2) is 10.6. The molecule has 2 N–H and O–H groups in total. The van der Waals surface area contributed by atoms with Gasteiger partial charge in [0.1, 0.15) is 5.75 Å². The number of nitrogens with one attached hydrogen (secondary N) is 1. The van der Waals surface area contributed by atoms with Crippen molar-refractivity contribution in [3.8, 4) is 5.75 Å². The zero-order valence-electron chi connectivity index (χ0n) is 15.6. The Hall–Kier alpha value is -2.47. The van der Waals surface area contributed by atoms with Gasteiger partial charge in [-0.05, 0) is 49.6 Å². The Morgan fingerprint density at radius 3 is 2.37 bits per heavy atom. The molecule has 5 nitrogen and oxygen atoms in total. The first-order chi connectivity index (χ1) is 13.0. The van der Waals surface area contributed by atoms with Crippen LogP contribution in [0.2, 0.25) is 0 Å². The number of carboxylic acids is 1. The molecule has 2 aromatic carbocycles. The molecular weight excluding hydrogens is 362 g/mol. The van der Waals surface area contributed by atoms with Gasteiger partial charge >= 0.3 is 5.97 Å². The molecule has 0 saturated heterocycles. The van der Waals surface area contributed by atoms with Crippen LogP contribution in [-0.4, -0.2) is 35.4 Å². The normalized spacial score (nSPS) is 12.8. The van der Waals surface area contributed by atoms with E-state index in [-0.39, 0.29) is 23.6 Å². The minimum absolute atomic E-state index is 0.0256. The first-order valence-corrected chi connectivity index (χ1v) is 9.72. The predicted octanol–water partition coefficient (Wildman–Crippen LogP) is 3.77. The highest BCUT2D eigenvalue weighted by atomic mass is 32.2. The second-order valence-electron chi connectivity index (χ2n) is 6.26. The molecule has 144 valence electrons. The fourth-order valence-corrected chi connectivity index (χ4v) is 3.53. The van der Waals surface area contributed by atoms with Crippen LogP contribution >= 0.6 is 11.8 Å². The van der Waals surface area contributed by atoms with E-state index in [1.165, 1.54) is 11.8 Å². The van der Waals surface area contributed by atoms with E-state index in [9.17, 15) is 9.59 Å². The SMILES string of the molecule is COc1ccc(SC(C)C(=O)NC(CCC(=O)O)Cc2ccccc2)cc1. The highest BCUT2D eigenvalue weighted by molar-refractivity contribution is 8.00. The van der Waals surface area contributed by atoms with Gasteiger partial charge in [-0.1, -0.05) is 30.3 Å². The molecule has 2 aromatic rings. The van der Waals surface area contributed by atoms with Crippen molar-refractivity contribution in [1.29, 1.82) is 0 Å². The molecular formula is C21H25NO4S. The van der Waals surface area contributed by atoms with Crippen LogP contribution in [0.25, 0.3) is 0 Å². The molecule has 2 rings (SSSR count). The third-order valence-corrected chi connectivity index (χ3v) is 5.23. The number of carboxylic acid groups (broad SMARTS) is 1. The van der Waals surface area contributed by atoms with Gasteiger partial charge in [0.2, 0.25) is 5.91 Å². The Kier molecular flexibility index (Phi) is 8.20. The summed E-state index contributed by atoms with van der Waals surface area (Å²) in [5, 5.41) is 11.7. The highest BCUT2D eigenvalue weighted by Crippen LogP contribution is 2.25. The van der Waals surface area contributed by atoms with E-state index in [0.29, 0.717) is 12.8 Å². The molecule has 0 aromatic heterocycles. The third-order valence-electron chi connectivity index (χ3n) is 4.12. The molecule has 0 aliphatic heterocycles. The van der Waals surface area contributed by atoms with Gasteiger partial charge in [-0.3, -0.25) is 9.59 Å². The molecule has 1 amide bonds. The number of benzene rings is 2. The van der Waals surface area contributed by atoms with Gasteiger partial charge in [0.05, 0.1) is 12.4 Å². The van der Waals surface area contributed by atoms with E-state index in [1.807, 2.05) is 61.5 Å². The minimum Gasteiger partial charge on any atom is -0.497 e. The van der Waals surface area contributed by atoms with E-state index in [4.69, 9.17) is 9.84 Å². The first kappa shape index (κ1) is 20.8. The van der Waals surface area contributed by atoms with Crippen molar-refractivity contribution in [3.63, 3.8) is 0 Å². The van der Waals surface area contributed by atoms with E-state index in [1.54, 1.807) is 7.11 Å². The summed E-state index contributed by atoms with van der Waals surface area (Å²) in [6.45, 7) is 1.85. The maximum atomic E-state index is 12.6. The van der Waals surface area contributed by atoms with Crippen molar-refractivity contribution in [3.05, 3.63) is 60.2 Å². The molecule has 0 radical (unpaired) electrons. The van der Waals surface area contributed by atoms with Gasteiger partial charge in [0.25, 0.3) is 0 Å². The van der Waals surface area contributed by atoms with Gasteiger partial charge in [-0.15, -0.1) is 11.8 Å². The number of methoxy groups -OCH3 is 1. The average molecular weight is 388 g/mol. The van der Waals surface area contributed by atoms with Gasteiger partial charge < -0.3 is 15.2 Å². The number of aliphatic carboxylic acids is 1. The van der Waals surface area contributed by atoms with Gasteiger partial charge in [0.15, 0.2) is 0 Å². The summed E-state index contributed by atoms with van der Waals surface area (Å²) in [5.74, 6) is -0.182. The molecule has 0 aliphatic rings. The Morgan fingerprint density at radius 2 is 1.78 bits per heavy atom. The number of carbonyl (C=O) groups excluding carboxylic acids is 1. The van der Waals surface area contributed by atoms with Crippen LogP contribution in [0.4, 0.5) is 0 Å². The van der Waals surface area contributed by atoms with Gasteiger partial charge in [-0.2, -0.15) is 0 Å². The number of amides is 1. The first-order valence-electron chi connectivity index (χ1n) is 8.84. The van der Waals surface area contributed by atoms with Crippen LogP contribution in [0.3, 0.4) is 0 Å². The van der Waals surface area contributed by atoms with Crippen LogP contribution in [-0.2, 0) is 16.0 Å². The van der Waals surface area contributed by atoms with Gasteiger partial charge in [0, 0.05) is 17.4 Å². The summed E-state index contributed by atoms with van der Waals surface area (Å²) in [4.78, 5) is 24.5. The van der Waals surface area contributed by atoms with Crippen LogP contribution < -0.4 is 10.1 Å². The third kappa shape index (κ3) is 7.35. The van der Waals surface area contributed by atoms with Crippen molar-refractivity contribution < 1.29 is 19.4 Å². The zero-order valence-corrected chi connectivity index (χ0v) is 16.4. The molecule has 6 heteroatoms. The lowest BCUT2D eigenvalue weighted by Gasteiger charge is -2.21. The average Bonchev–Trinajstić information content (AvgIpc) is 2.67. The maximum Gasteiger partial charge on any atom is 0.303 e. The van der Waals surface area contributed by atoms with Crippen molar-refractivity contribution in [2.24, 2.45) is 0 Å². The molecule has 0 fully saturated rings. The Morgan fingerprint density at radius 1 is 1.11 bits per heavy atom. The number of ether oxygens (including phenoxy) is 1. The molecule has 0 heterocycles. The Balaban J connectivity index is 1.96. The minimum atomic E-state index is -0.858. The molecule has 2 atom stereocenters. The fraction of sp³-hybridized carbons (Fsp3) is 0.333. The molecule has 27 heavy (non-hydrogen) atoms. The number of rotatable bonds is 10. The summed E-state index contributed by atoms with van der Waals surface area (Å²) >= 11 is 1.46. The molecule has 2 unspecified atom stereocenters. The Labute approximate surface area is 164 Å². The standard InChI is InChI=1S/C21H25NO4S/c1-15(27-19-11-9-18(26-2)10-12-19)21(25)22-17(8-13-20(23)24)14-16-6-4-3-5-7-16/h3-7,9-12,15,17H,8,13-14H2,1-2H3,(H,22,25)(H,23,24). The number of carbonyl (C=O) groups is 2. The quantitative estimate of drug-likeness (QED) is 0.607. The summed E-state index contributed by atoms with van der Waals surface area (Å²) < 4.78 is 5.14. The number of hydrogen-bond acceptors (Lipinski definition) is 4. The maximum absolute atomic E-state index is 12.6. The van der Waals surface area contributed by atoms with E-state index in [2.05, 4.69) is 5.32 Å². The van der Waals surface area contributed by atoms with Crippen LogP contribution in [0, 0.1) is 0 Å². The monoisotopic (exact) mass is 387 g/mol. The van der Waals surface area contributed by atoms with Crippen molar-refractivity contribution >= 4 is 23.6 Å². The highest BCUT2D eigenvalue weighted by Gasteiger charge is 2.20. The largest absolute Gasteiger partial charge is 0.497 e. The van der Waals surface area contributed by atoms with Gasteiger partial charge in [-0.25, -0.2) is 0 Å². The predicted molar refractivity (Wildman–Crippen MR) is 107 cm³/mol. The number of thioether (sulfide) groups is 1. The second-order valence-corrected chi connectivity index (χ2v) is 7.68. The van der Waals surface area contributed by atoms with Crippen molar-refractivity contribution in [2.45, 2.75) is 42.4 Å². The summed E-state index contributed by atoms with van der Waals surface area (Å²) in [5.41, 5.74) is 1.07. The molecule has 0 saturated carbocycles. The summed E-state index contributed by atoms with van der Waals surface area (Å²) in [6, 6.07) is 17.1. The summed E-state index contributed by atoms with van der Waals surface area (Å²) in [7, 11) is 1.61. The van der Waals surface area contributed by atoms with E-state index >= 15 is 0 Å². The fourth-order valence-electron chi connectivity index (χ4n) is 2.65. The smallest absolute Gasteiger partial charge is 0.303 e. The molecule has 0 aliphatic carbocycles. The number of hydrogen-bond donors (Lipinski definition) is 2. The van der Waals surface area contributed by atoms with E-state index in [0.717, 1.165) is 16.2 Å².